The summed E-state index contributed by atoms with van der Waals surface area (Å²) in [4.78, 5) is 23.0. The van der Waals surface area contributed by atoms with E-state index in [9.17, 15) is 4.79 Å². The van der Waals surface area contributed by atoms with Gasteiger partial charge in [0.1, 0.15) is 0 Å². The molecule has 128 valence electrons. The van der Waals surface area contributed by atoms with E-state index in [4.69, 9.17) is 5.26 Å². The molecule has 2 aromatic carbocycles. The molecule has 3 aromatic rings. The maximum atomic E-state index is 12.3. The average Bonchev–Trinajstić information content (AvgIpc) is 2.70. The highest BCUT2D eigenvalue weighted by Crippen LogP contribution is 2.21. The van der Waals surface area contributed by atoms with Gasteiger partial charge in [-0.3, -0.25) is 4.79 Å². The van der Waals surface area contributed by atoms with Gasteiger partial charge in [0.2, 0.25) is 5.95 Å². The molecular weight excluding hydrogens is 326 g/mol. The molecule has 0 aliphatic rings. The van der Waals surface area contributed by atoms with E-state index in [-0.39, 0.29) is 5.91 Å². The lowest BCUT2D eigenvalue weighted by Gasteiger charge is -2.20. The first-order valence-electron chi connectivity index (χ1n) is 8.17. The van der Waals surface area contributed by atoms with Crippen molar-refractivity contribution in [1.82, 2.24) is 9.97 Å². The molecule has 6 nitrogen and oxygen atoms in total. The second-order valence-corrected chi connectivity index (χ2v) is 5.50. The van der Waals surface area contributed by atoms with E-state index in [1.165, 1.54) is 12.4 Å². The quantitative estimate of drug-likeness (QED) is 0.763. The van der Waals surface area contributed by atoms with Crippen molar-refractivity contribution in [2.24, 2.45) is 0 Å². The van der Waals surface area contributed by atoms with Crippen LogP contribution in [0, 0.1) is 11.3 Å². The Morgan fingerprint density at radius 1 is 1.12 bits per heavy atom. The monoisotopic (exact) mass is 343 g/mol. The van der Waals surface area contributed by atoms with Gasteiger partial charge in [-0.15, -0.1) is 0 Å². The Kier molecular flexibility index (Phi) is 5.20. The van der Waals surface area contributed by atoms with E-state index in [2.05, 4.69) is 15.3 Å². The van der Waals surface area contributed by atoms with Crippen LogP contribution in [-0.2, 0) is 0 Å². The van der Waals surface area contributed by atoms with Gasteiger partial charge in [-0.1, -0.05) is 24.3 Å². The molecule has 0 aliphatic carbocycles. The maximum absolute atomic E-state index is 12.3. The molecule has 0 aliphatic heterocycles. The zero-order valence-corrected chi connectivity index (χ0v) is 14.3. The molecule has 1 amide bonds. The fourth-order valence-electron chi connectivity index (χ4n) is 2.50. The fraction of sp³-hybridized carbons (Fsp3) is 0.100. The van der Waals surface area contributed by atoms with Crippen LogP contribution >= 0.6 is 0 Å². The number of aromatic nitrogens is 2. The van der Waals surface area contributed by atoms with E-state index < -0.39 is 0 Å². The maximum Gasteiger partial charge on any atom is 0.258 e. The largest absolute Gasteiger partial charge is 0.322 e. The van der Waals surface area contributed by atoms with Crippen LogP contribution in [0.2, 0.25) is 0 Å². The molecule has 0 saturated heterocycles. The molecule has 0 bridgehead atoms. The molecule has 0 atom stereocenters. The number of hydrogen-bond acceptors (Lipinski definition) is 5. The Labute approximate surface area is 151 Å². The lowest BCUT2D eigenvalue weighted by molar-refractivity contribution is 0.102. The molecule has 0 saturated carbocycles. The second kappa shape index (κ2) is 7.90. The van der Waals surface area contributed by atoms with Crippen LogP contribution in [0.5, 0.6) is 0 Å². The van der Waals surface area contributed by atoms with Gasteiger partial charge in [0.15, 0.2) is 0 Å². The number of hydrogen-bond donors (Lipinski definition) is 1. The minimum absolute atomic E-state index is 0.325. The van der Waals surface area contributed by atoms with Gasteiger partial charge in [0.05, 0.1) is 17.2 Å². The summed E-state index contributed by atoms with van der Waals surface area (Å²) in [6.07, 6.45) is 2.99. The van der Waals surface area contributed by atoms with Crippen LogP contribution in [-0.4, -0.2) is 22.4 Å². The zero-order chi connectivity index (χ0) is 18.4. The number of amides is 1. The standard InChI is InChI=1S/C20H17N5O/c1-2-25(18-9-4-3-5-10-18)20-22-13-16(14-23-20)19(26)24-17-8-6-7-15(11-17)12-21/h3-11,13-14H,2H2,1H3,(H,24,26). The molecule has 1 heterocycles. The average molecular weight is 343 g/mol. The minimum Gasteiger partial charge on any atom is -0.322 e. The topological polar surface area (TPSA) is 81.9 Å². The summed E-state index contributed by atoms with van der Waals surface area (Å²) in [5.74, 6) is 0.205. The summed E-state index contributed by atoms with van der Waals surface area (Å²) in [6.45, 7) is 2.72. The van der Waals surface area contributed by atoms with Crippen LogP contribution in [0.3, 0.4) is 0 Å². The lowest BCUT2D eigenvalue weighted by atomic mass is 10.2. The number of carbonyl (C=O) groups excluding carboxylic acids is 1. The Hall–Kier alpha value is -3.72. The Morgan fingerprint density at radius 2 is 1.85 bits per heavy atom. The van der Waals surface area contributed by atoms with E-state index in [1.807, 2.05) is 48.2 Å². The third-order valence-corrected chi connectivity index (χ3v) is 3.78. The number of nitriles is 1. The highest BCUT2D eigenvalue weighted by Gasteiger charge is 2.12. The number of para-hydroxylation sites is 1. The summed E-state index contributed by atoms with van der Waals surface area (Å²) in [5.41, 5.74) is 2.37. The van der Waals surface area contributed by atoms with Crippen molar-refractivity contribution in [3.8, 4) is 6.07 Å². The van der Waals surface area contributed by atoms with Gasteiger partial charge >= 0.3 is 0 Å². The Bertz CT molecular complexity index is 932. The second-order valence-electron chi connectivity index (χ2n) is 5.50. The number of rotatable bonds is 5. The Balaban J connectivity index is 1.76. The fourth-order valence-corrected chi connectivity index (χ4v) is 2.50. The lowest BCUT2D eigenvalue weighted by Crippen LogP contribution is -2.20. The normalized spacial score (nSPS) is 10.0. The van der Waals surface area contributed by atoms with Crippen LogP contribution < -0.4 is 10.2 Å². The molecular formula is C20H17N5O. The molecule has 0 radical (unpaired) electrons. The molecule has 3 rings (SSSR count). The van der Waals surface area contributed by atoms with Gasteiger partial charge in [-0.05, 0) is 37.3 Å². The van der Waals surface area contributed by atoms with Crippen LogP contribution in [0.4, 0.5) is 17.3 Å². The molecule has 0 unspecified atom stereocenters. The van der Waals surface area contributed by atoms with E-state index in [0.717, 1.165) is 5.69 Å². The van der Waals surface area contributed by atoms with Crippen molar-refractivity contribution in [2.75, 3.05) is 16.8 Å². The van der Waals surface area contributed by atoms with Crippen molar-refractivity contribution in [2.45, 2.75) is 6.92 Å². The van der Waals surface area contributed by atoms with Gasteiger partial charge in [-0.25, -0.2) is 9.97 Å². The minimum atomic E-state index is -0.325. The summed E-state index contributed by atoms with van der Waals surface area (Å²) in [7, 11) is 0. The highest BCUT2D eigenvalue weighted by atomic mass is 16.1. The first-order valence-corrected chi connectivity index (χ1v) is 8.17. The molecule has 26 heavy (non-hydrogen) atoms. The number of carbonyl (C=O) groups is 1. The number of benzene rings is 2. The molecule has 1 N–H and O–H groups in total. The smallest absolute Gasteiger partial charge is 0.258 e. The summed E-state index contributed by atoms with van der Waals surface area (Å²) < 4.78 is 0. The van der Waals surface area contributed by atoms with Crippen molar-refractivity contribution in [3.05, 3.63) is 78.1 Å². The number of nitrogens with zero attached hydrogens (tertiary/aromatic N) is 4. The summed E-state index contributed by atoms with van der Waals surface area (Å²) in [5, 5.41) is 11.7. The molecule has 1 aromatic heterocycles. The van der Waals surface area contributed by atoms with Gasteiger partial charge in [-0.2, -0.15) is 5.26 Å². The predicted octanol–water partition coefficient (Wildman–Crippen LogP) is 3.76. The number of anilines is 3. The van der Waals surface area contributed by atoms with E-state index in [1.54, 1.807) is 24.3 Å². The molecule has 0 fully saturated rings. The van der Waals surface area contributed by atoms with Crippen molar-refractivity contribution in [1.29, 1.82) is 5.26 Å². The first-order chi connectivity index (χ1) is 12.7. The van der Waals surface area contributed by atoms with Gasteiger partial charge < -0.3 is 10.2 Å². The van der Waals surface area contributed by atoms with Crippen molar-refractivity contribution in [3.63, 3.8) is 0 Å². The summed E-state index contributed by atoms with van der Waals surface area (Å²) in [6, 6.07) is 18.6. The van der Waals surface area contributed by atoms with Crippen LogP contribution in [0.15, 0.2) is 67.0 Å². The predicted molar refractivity (Wildman–Crippen MR) is 100 cm³/mol. The zero-order valence-electron chi connectivity index (χ0n) is 14.3. The molecule has 6 heteroatoms. The highest BCUT2D eigenvalue weighted by molar-refractivity contribution is 6.04. The van der Waals surface area contributed by atoms with E-state index >= 15 is 0 Å². The first kappa shape index (κ1) is 17.1. The van der Waals surface area contributed by atoms with Crippen LogP contribution in [0.1, 0.15) is 22.8 Å². The third kappa shape index (κ3) is 3.84. The molecule has 0 spiro atoms. The van der Waals surface area contributed by atoms with Crippen LogP contribution in [0.25, 0.3) is 0 Å². The third-order valence-electron chi connectivity index (χ3n) is 3.78. The Morgan fingerprint density at radius 3 is 2.50 bits per heavy atom. The van der Waals surface area contributed by atoms with Crippen molar-refractivity contribution >= 4 is 23.2 Å². The van der Waals surface area contributed by atoms with Gasteiger partial charge in [0.25, 0.3) is 5.91 Å². The SMILES string of the molecule is CCN(c1ccccc1)c1ncc(C(=O)Nc2cccc(C#N)c2)cn1. The van der Waals surface area contributed by atoms with Crippen molar-refractivity contribution < 1.29 is 4.79 Å². The summed E-state index contributed by atoms with van der Waals surface area (Å²) >= 11 is 0. The van der Waals surface area contributed by atoms with Gasteiger partial charge in [0, 0.05) is 30.3 Å². The van der Waals surface area contributed by atoms with E-state index in [0.29, 0.717) is 29.3 Å². The number of nitrogens with one attached hydrogen (secondary N) is 1.